The highest BCUT2D eigenvalue weighted by Crippen LogP contribution is 2.46. The third-order valence-corrected chi connectivity index (χ3v) is 7.18. The zero-order valence-electron chi connectivity index (χ0n) is 18.0. The van der Waals surface area contributed by atoms with Gasteiger partial charge in [0.2, 0.25) is 0 Å². The van der Waals surface area contributed by atoms with Gasteiger partial charge in [-0.25, -0.2) is 0 Å². The summed E-state index contributed by atoms with van der Waals surface area (Å²) in [5.41, 5.74) is 3.54. The normalized spacial score (nSPS) is 27.6. The van der Waals surface area contributed by atoms with Gasteiger partial charge in [0.05, 0.1) is 23.8 Å². The van der Waals surface area contributed by atoms with Crippen LogP contribution in [0.25, 0.3) is 0 Å². The lowest BCUT2D eigenvalue weighted by Gasteiger charge is -2.37. The minimum absolute atomic E-state index is 0.0300. The summed E-state index contributed by atoms with van der Waals surface area (Å²) < 4.78 is 17.8. The molecule has 2 aliphatic rings. The molecule has 4 unspecified atom stereocenters. The fourth-order valence-corrected chi connectivity index (χ4v) is 5.32. The summed E-state index contributed by atoms with van der Waals surface area (Å²) in [7, 11) is 0. The Kier molecular flexibility index (Phi) is 7.04. The van der Waals surface area contributed by atoms with Crippen LogP contribution < -0.4 is 9.47 Å². The maximum Gasteiger partial charge on any atom is 0.132 e. The van der Waals surface area contributed by atoms with E-state index in [1.54, 1.807) is 0 Å². The monoisotopic (exact) mass is 464 g/mol. The second-order valence-electron chi connectivity index (χ2n) is 8.16. The Bertz CT molecular complexity index is 919. The number of aliphatic hydroxyl groups excluding tert-OH is 2. The van der Waals surface area contributed by atoms with Gasteiger partial charge in [-0.15, -0.1) is 11.8 Å². The second-order valence-corrected chi connectivity index (χ2v) is 9.47. The Morgan fingerprint density at radius 3 is 2.65 bits per heavy atom. The first-order valence-corrected chi connectivity index (χ1v) is 12.3. The van der Waals surface area contributed by atoms with E-state index < -0.39 is 17.6 Å². The van der Waals surface area contributed by atoms with Crippen LogP contribution in [0.3, 0.4) is 0 Å². The Morgan fingerprint density at radius 1 is 1.23 bits per heavy atom. The zero-order chi connectivity index (χ0) is 22.1. The van der Waals surface area contributed by atoms with Gasteiger partial charge in [0.1, 0.15) is 29.1 Å². The molecule has 0 radical (unpaired) electrons. The SMILES string of the molecule is CCOc1ccc(Cc2cc(C3CC(O)[C@H](O)C(SC)O3)c3c(c2Cl)CC(C)O3)cc1. The van der Waals surface area contributed by atoms with Gasteiger partial charge in [-0.1, -0.05) is 23.7 Å². The van der Waals surface area contributed by atoms with Gasteiger partial charge < -0.3 is 24.4 Å². The van der Waals surface area contributed by atoms with Gasteiger partial charge in [-0.2, -0.15) is 0 Å². The first-order valence-electron chi connectivity index (χ1n) is 10.7. The van der Waals surface area contributed by atoms with E-state index in [0.29, 0.717) is 19.4 Å². The summed E-state index contributed by atoms with van der Waals surface area (Å²) in [5, 5.41) is 21.4. The zero-order valence-corrected chi connectivity index (χ0v) is 19.6. The first kappa shape index (κ1) is 22.7. The lowest BCUT2D eigenvalue weighted by atomic mass is 9.91. The van der Waals surface area contributed by atoms with Crippen molar-refractivity contribution in [2.24, 2.45) is 0 Å². The molecule has 1 fully saturated rings. The highest BCUT2D eigenvalue weighted by Gasteiger charge is 2.40. The van der Waals surface area contributed by atoms with E-state index in [0.717, 1.165) is 45.2 Å². The number of aliphatic hydroxyl groups is 2. The molecule has 0 aliphatic carbocycles. The average molecular weight is 465 g/mol. The fourth-order valence-electron chi connectivity index (χ4n) is 4.33. The molecule has 0 saturated carbocycles. The molecule has 0 amide bonds. The molecule has 7 heteroatoms. The van der Waals surface area contributed by atoms with Crippen LogP contribution in [0, 0.1) is 0 Å². The Hall–Kier alpha value is -1.44. The summed E-state index contributed by atoms with van der Waals surface area (Å²) in [6.45, 7) is 4.63. The van der Waals surface area contributed by atoms with Crippen molar-refractivity contribution >= 4 is 23.4 Å². The average Bonchev–Trinajstić information content (AvgIpc) is 3.15. The molecule has 1 saturated heterocycles. The van der Waals surface area contributed by atoms with Crippen LogP contribution in [0.4, 0.5) is 0 Å². The molecule has 2 heterocycles. The number of rotatable bonds is 6. The highest BCUT2D eigenvalue weighted by molar-refractivity contribution is 7.99. The Balaban J connectivity index is 1.68. The molecular weight excluding hydrogens is 436 g/mol. The number of halogens is 1. The van der Waals surface area contributed by atoms with Crippen molar-refractivity contribution in [3.8, 4) is 11.5 Å². The van der Waals surface area contributed by atoms with Crippen LogP contribution in [0.1, 0.15) is 48.6 Å². The number of hydrogen-bond donors (Lipinski definition) is 2. The molecule has 0 spiro atoms. The van der Waals surface area contributed by atoms with Crippen molar-refractivity contribution in [1.29, 1.82) is 0 Å². The van der Waals surface area contributed by atoms with Crippen molar-refractivity contribution in [2.75, 3.05) is 12.9 Å². The summed E-state index contributed by atoms with van der Waals surface area (Å²) in [6, 6.07) is 10.1. The van der Waals surface area contributed by atoms with Gasteiger partial charge in [-0.3, -0.25) is 0 Å². The van der Waals surface area contributed by atoms with Crippen LogP contribution >= 0.6 is 23.4 Å². The number of hydrogen-bond acceptors (Lipinski definition) is 6. The summed E-state index contributed by atoms with van der Waals surface area (Å²) in [6.07, 6.45) is 1.49. The molecular formula is C24H29ClO5S. The fraction of sp³-hybridized carbons (Fsp3) is 0.500. The predicted molar refractivity (Wildman–Crippen MR) is 123 cm³/mol. The quantitative estimate of drug-likeness (QED) is 0.654. The van der Waals surface area contributed by atoms with E-state index >= 15 is 0 Å². The number of thioether (sulfide) groups is 1. The largest absolute Gasteiger partial charge is 0.494 e. The molecule has 2 aromatic carbocycles. The third-order valence-electron chi connectivity index (χ3n) is 5.86. The number of fused-ring (bicyclic) bond motifs is 1. The van der Waals surface area contributed by atoms with Crippen molar-refractivity contribution < 1.29 is 24.4 Å². The molecule has 4 rings (SSSR count). The lowest BCUT2D eigenvalue weighted by Crippen LogP contribution is -2.43. The van der Waals surface area contributed by atoms with E-state index in [1.165, 1.54) is 11.8 Å². The van der Waals surface area contributed by atoms with Crippen LogP contribution in [0.15, 0.2) is 30.3 Å². The highest BCUT2D eigenvalue weighted by atomic mass is 35.5. The van der Waals surface area contributed by atoms with Gasteiger partial charge >= 0.3 is 0 Å². The third kappa shape index (κ3) is 4.69. The van der Waals surface area contributed by atoms with E-state index in [2.05, 4.69) is 0 Å². The topological polar surface area (TPSA) is 68.2 Å². The summed E-state index contributed by atoms with van der Waals surface area (Å²) in [4.78, 5) is 0. The van der Waals surface area contributed by atoms with Gasteiger partial charge in [0.15, 0.2) is 0 Å². The van der Waals surface area contributed by atoms with E-state index in [1.807, 2.05) is 50.4 Å². The molecule has 5 nitrogen and oxygen atoms in total. The lowest BCUT2D eigenvalue weighted by molar-refractivity contribution is -0.137. The molecule has 2 N–H and O–H groups in total. The second kappa shape index (κ2) is 9.59. The Morgan fingerprint density at radius 2 is 1.97 bits per heavy atom. The summed E-state index contributed by atoms with van der Waals surface area (Å²) in [5.74, 6) is 1.61. The van der Waals surface area contributed by atoms with Crippen LogP contribution in [0.2, 0.25) is 5.02 Å². The van der Waals surface area contributed by atoms with Gasteiger partial charge in [0.25, 0.3) is 0 Å². The van der Waals surface area contributed by atoms with Crippen molar-refractivity contribution in [1.82, 2.24) is 0 Å². The van der Waals surface area contributed by atoms with E-state index in [9.17, 15) is 10.2 Å². The molecule has 2 aliphatic heterocycles. The first-order chi connectivity index (χ1) is 14.9. The molecule has 168 valence electrons. The Labute approximate surface area is 192 Å². The van der Waals surface area contributed by atoms with Gasteiger partial charge in [0, 0.05) is 24.0 Å². The minimum atomic E-state index is -0.908. The number of benzene rings is 2. The maximum atomic E-state index is 10.4. The summed E-state index contributed by atoms with van der Waals surface area (Å²) >= 11 is 8.22. The van der Waals surface area contributed by atoms with Crippen molar-refractivity contribution in [2.45, 2.75) is 63.0 Å². The van der Waals surface area contributed by atoms with Crippen molar-refractivity contribution in [3.63, 3.8) is 0 Å². The smallest absolute Gasteiger partial charge is 0.132 e. The van der Waals surface area contributed by atoms with E-state index in [-0.39, 0.29) is 12.2 Å². The number of ether oxygens (including phenoxy) is 3. The molecule has 2 aromatic rings. The van der Waals surface area contributed by atoms with Crippen molar-refractivity contribution in [3.05, 3.63) is 57.6 Å². The molecule has 5 atom stereocenters. The van der Waals surface area contributed by atoms with Gasteiger partial charge in [-0.05, 0) is 55.9 Å². The molecule has 0 bridgehead atoms. The van der Waals surface area contributed by atoms with E-state index in [4.69, 9.17) is 25.8 Å². The minimum Gasteiger partial charge on any atom is -0.494 e. The predicted octanol–water partition coefficient (Wildman–Crippen LogP) is 4.53. The van der Waals surface area contributed by atoms with Crippen LogP contribution in [0.5, 0.6) is 11.5 Å². The van der Waals surface area contributed by atoms with Crippen LogP contribution in [-0.2, 0) is 17.6 Å². The van der Waals surface area contributed by atoms with Crippen LogP contribution in [-0.4, -0.2) is 46.8 Å². The molecule has 31 heavy (non-hydrogen) atoms. The standard InChI is InChI=1S/C24H29ClO5S/c1-4-28-16-7-5-14(6-8-16)10-15-11-17(23-18(21(15)25)9-13(2)29-23)20-12-19(26)22(27)24(30-20)31-3/h5-8,11,13,19-20,22,24,26-27H,4,9-10,12H2,1-3H3/t13?,19?,20?,22-,24?/m0/s1. The molecule has 0 aromatic heterocycles. The maximum absolute atomic E-state index is 10.4.